The van der Waals surface area contributed by atoms with Crippen LogP contribution < -0.4 is 0 Å². The highest BCUT2D eigenvalue weighted by Crippen LogP contribution is 2.47. The van der Waals surface area contributed by atoms with E-state index in [0.717, 1.165) is 14.2 Å². The third-order valence-electron chi connectivity index (χ3n) is 5.28. The van der Waals surface area contributed by atoms with Gasteiger partial charge < -0.3 is 9.47 Å². The second-order valence-corrected chi connectivity index (χ2v) is 6.56. The SMILES string of the molecule is COC(=O)C1(C(=O)OC)C2=C(C(=O)c3ccccc3C2=O)C(=O)c2ccccc21. The van der Waals surface area contributed by atoms with Gasteiger partial charge in [0.25, 0.3) is 0 Å². The molecule has 7 nitrogen and oxygen atoms in total. The van der Waals surface area contributed by atoms with Crippen molar-refractivity contribution in [2.45, 2.75) is 5.41 Å². The molecule has 0 fully saturated rings. The Morgan fingerprint density at radius 2 is 1.14 bits per heavy atom. The highest BCUT2D eigenvalue weighted by molar-refractivity contribution is 6.44. The van der Waals surface area contributed by atoms with E-state index < -0.39 is 45.8 Å². The molecule has 0 radical (unpaired) electrons. The van der Waals surface area contributed by atoms with Crippen LogP contribution in [0.25, 0.3) is 0 Å². The molecule has 29 heavy (non-hydrogen) atoms. The van der Waals surface area contributed by atoms with E-state index in [1.54, 1.807) is 12.1 Å². The Kier molecular flexibility index (Phi) is 4.04. The zero-order valence-electron chi connectivity index (χ0n) is 15.5. The number of hydrogen-bond donors (Lipinski definition) is 0. The Labute approximate surface area is 164 Å². The molecule has 0 bridgehead atoms. The van der Waals surface area contributed by atoms with Crippen LogP contribution in [0.1, 0.15) is 36.6 Å². The minimum Gasteiger partial charge on any atom is -0.468 e. The number of ketones is 3. The van der Waals surface area contributed by atoms with E-state index in [0.29, 0.717) is 0 Å². The number of esters is 2. The predicted molar refractivity (Wildman–Crippen MR) is 98.6 cm³/mol. The molecule has 2 aliphatic carbocycles. The third kappa shape index (κ3) is 2.15. The van der Waals surface area contributed by atoms with Gasteiger partial charge in [-0.25, -0.2) is 0 Å². The van der Waals surface area contributed by atoms with Gasteiger partial charge in [-0.3, -0.25) is 24.0 Å². The van der Waals surface area contributed by atoms with Crippen molar-refractivity contribution < 1.29 is 33.4 Å². The number of carbonyl (C=O) groups excluding carboxylic acids is 5. The largest absolute Gasteiger partial charge is 0.468 e. The van der Waals surface area contributed by atoms with Crippen molar-refractivity contribution >= 4 is 29.3 Å². The molecule has 0 unspecified atom stereocenters. The van der Waals surface area contributed by atoms with Gasteiger partial charge in [-0.2, -0.15) is 0 Å². The Balaban J connectivity index is 2.20. The second kappa shape index (κ2) is 6.34. The van der Waals surface area contributed by atoms with Gasteiger partial charge in [-0.1, -0.05) is 48.5 Å². The van der Waals surface area contributed by atoms with E-state index in [1.165, 1.54) is 36.4 Å². The van der Waals surface area contributed by atoms with Crippen LogP contribution in [0.3, 0.4) is 0 Å². The molecule has 2 aromatic carbocycles. The first kappa shape index (κ1) is 18.5. The smallest absolute Gasteiger partial charge is 0.332 e. The molecule has 144 valence electrons. The van der Waals surface area contributed by atoms with Crippen LogP contribution in [-0.2, 0) is 24.5 Å². The van der Waals surface area contributed by atoms with Gasteiger partial charge in [-0.05, 0) is 5.56 Å². The molecule has 2 aliphatic rings. The number of Topliss-reactive ketones (excluding diaryl/α,β-unsaturated/α-hetero) is 3. The minimum absolute atomic E-state index is 0.000567. The maximum absolute atomic E-state index is 13.4. The average Bonchev–Trinajstić information content (AvgIpc) is 2.76. The zero-order chi connectivity index (χ0) is 20.9. The normalized spacial score (nSPS) is 16.6. The van der Waals surface area contributed by atoms with Gasteiger partial charge >= 0.3 is 11.9 Å². The summed E-state index contributed by atoms with van der Waals surface area (Å²) < 4.78 is 9.76. The number of benzene rings is 2. The number of allylic oxidation sites excluding steroid dienone is 1. The second-order valence-electron chi connectivity index (χ2n) is 6.56. The third-order valence-corrected chi connectivity index (χ3v) is 5.28. The van der Waals surface area contributed by atoms with E-state index in [1.807, 2.05) is 0 Å². The molecule has 0 heterocycles. The highest BCUT2D eigenvalue weighted by atomic mass is 16.5. The first-order valence-corrected chi connectivity index (χ1v) is 8.65. The van der Waals surface area contributed by atoms with Crippen LogP contribution >= 0.6 is 0 Å². The van der Waals surface area contributed by atoms with E-state index in [2.05, 4.69) is 0 Å². The standard InChI is InChI=1S/C22H14O7/c1-28-20(26)22(21(27)29-2)14-10-6-5-9-13(14)18(24)15-16(22)19(25)12-8-4-3-7-11(12)17(15)23/h3-10H,1-2H3. The molecule has 7 heteroatoms. The number of hydrogen-bond acceptors (Lipinski definition) is 7. The van der Waals surface area contributed by atoms with Gasteiger partial charge in [0.2, 0.25) is 5.41 Å². The van der Waals surface area contributed by atoms with Crippen molar-refractivity contribution in [2.75, 3.05) is 14.2 Å². The molecular formula is C22H14O7. The van der Waals surface area contributed by atoms with Crippen molar-refractivity contribution in [2.24, 2.45) is 0 Å². The number of fused-ring (bicyclic) bond motifs is 2. The van der Waals surface area contributed by atoms with Gasteiger partial charge in [0.1, 0.15) is 0 Å². The molecule has 0 amide bonds. The molecule has 0 aromatic heterocycles. The van der Waals surface area contributed by atoms with Crippen molar-refractivity contribution in [1.29, 1.82) is 0 Å². The highest BCUT2D eigenvalue weighted by Gasteiger charge is 2.62. The number of ether oxygens (including phenoxy) is 2. The first-order chi connectivity index (χ1) is 13.9. The summed E-state index contributed by atoms with van der Waals surface area (Å²) >= 11 is 0. The minimum atomic E-state index is -2.39. The average molecular weight is 390 g/mol. The lowest BCUT2D eigenvalue weighted by Gasteiger charge is -2.37. The van der Waals surface area contributed by atoms with E-state index in [9.17, 15) is 24.0 Å². The molecule has 0 saturated heterocycles. The molecule has 2 aromatic rings. The summed E-state index contributed by atoms with van der Waals surface area (Å²) in [6.07, 6.45) is 0. The predicted octanol–water partition coefficient (Wildman–Crippen LogP) is 1.84. The summed E-state index contributed by atoms with van der Waals surface area (Å²) in [6.45, 7) is 0. The lowest BCUT2D eigenvalue weighted by atomic mass is 9.61. The Bertz CT molecular complexity index is 1140. The molecule has 0 saturated carbocycles. The first-order valence-electron chi connectivity index (χ1n) is 8.65. The van der Waals surface area contributed by atoms with Crippen LogP contribution in [-0.4, -0.2) is 43.5 Å². The fourth-order valence-corrected chi connectivity index (χ4v) is 4.04. The number of rotatable bonds is 2. The maximum atomic E-state index is 13.4. The lowest BCUT2D eigenvalue weighted by Crippen LogP contribution is -2.54. The van der Waals surface area contributed by atoms with Crippen LogP contribution in [0.5, 0.6) is 0 Å². The van der Waals surface area contributed by atoms with Crippen molar-refractivity contribution in [3.8, 4) is 0 Å². The summed E-state index contributed by atoms with van der Waals surface area (Å²) in [5, 5.41) is 0. The van der Waals surface area contributed by atoms with Gasteiger partial charge in [0.15, 0.2) is 17.3 Å². The number of methoxy groups -OCH3 is 2. The lowest BCUT2D eigenvalue weighted by molar-refractivity contribution is -0.159. The maximum Gasteiger partial charge on any atom is 0.332 e. The quantitative estimate of drug-likeness (QED) is 0.438. The molecule has 4 rings (SSSR count). The summed E-state index contributed by atoms with van der Waals surface area (Å²) in [7, 11) is 2.10. The fraction of sp³-hybridized carbons (Fsp3) is 0.136. The van der Waals surface area contributed by atoms with Crippen molar-refractivity contribution in [3.05, 3.63) is 81.9 Å². The van der Waals surface area contributed by atoms with Crippen LogP contribution in [0.15, 0.2) is 59.7 Å². The van der Waals surface area contributed by atoms with Crippen molar-refractivity contribution in [1.82, 2.24) is 0 Å². The summed E-state index contributed by atoms with van der Waals surface area (Å²) in [5.41, 5.74) is -3.48. The van der Waals surface area contributed by atoms with Gasteiger partial charge in [0.05, 0.1) is 19.8 Å². The van der Waals surface area contributed by atoms with Crippen molar-refractivity contribution in [3.63, 3.8) is 0 Å². The Morgan fingerprint density at radius 3 is 1.69 bits per heavy atom. The Hall–Kier alpha value is -3.87. The summed E-state index contributed by atoms with van der Waals surface area (Å²) in [4.78, 5) is 65.9. The van der Waals surface area contributed by atoms with Gasteiger partial charge in [-0.15, -0.1) is 0 Å². The van der Waals surface area contributed by atoms with Gasteiger partial charge in [0, 0.05) is 22.3 Å². The molecule has 0 N–H and O–H groups in total. The van der Waals surface area contributed by atoms with Crippen LogP contribution in [0.2, 0.25) is 0 Å². The summed E-state index contributed by atoms with van der Waals surface area (Å²) in [6, 6.07) is 11.8. The molecule has 0 spiro atoms. The van der Waals surface area contributed by atoms with Crippen LogP contribution in [0, 0.1) is 0 Å². The zero-order valence-corrected chi connectivity index (χ0v) is 15.5. The summed E-state index contributed by atoms with van der Waals surface area (Å²) in [5.74, 6) is -4.46. The Morgan fingerprint density at radius 1 is 0.690 bits per heavy atom. The molecule has 0 atom stereocenters. The molecular weight excluding hydrogens is 376 g/mol. The van der Waals surface area contributed by atoms with Crippen LogP contribution in [0.4, 0.5) is 0 Å². The number of carbonyl (C=O) groups is 5. The van der Waals surface area contributed by atoms with E-state index in [-0.39, 0.29) is 22.3 Å². The monoisotopic (exact) mass is 390 g/mol. The molecule has 0 aliphatic heterocycles. The van der Waals surface area contributed by atoms with E-state index >= 15 is 0 Å². The fourth-order valence-electron chi connectivity index (χ4n) is 4.04. The topological polar surface area (TPSA) is 104 Å². The van der Waals surface area contributed by atoms with E-state index in [4.69, 9.17) is 9.47 Å².